The SMILES string of the molecule is CCCCCCCCCCCCCCC(C(=O)[O-])C(CCCCCCCCCCCCCC)(C(=O)[O-])S(=O)(=O)O.[K+].[K+]. The second-order valence-electron chi connectivity index (χ2n) is 11.8. The van der Waals surface area contributed by atoms with Gasteiger partial charge in [0.15, 0.2) is 0 Å². The summed E-state index contributed by atoms with van der Waals surface area (Å²) in [5.41, 5.74) is 0. The zero-order chi connectivity index (χ0) is 30.1. The van der Waals surface area contributed by atoms with Gasteiger partial charge in [-0.05, 0) is 12.8 Å². The van der Waals surface area contributed by atoms with Crippen molar-refractivity contribution in [1.82, 2.24) is 0 Å². The van der Waals surface area contributed by atoms with Crippen LogP contribution in [0.4, 0.5) is 0 Å². The number of carbonyl (C=O) groups is 2. The first-order chi connectivity index (χ1) is 19.1. The average Bonchev–Trinajstić information content (AvgIpc) is 2.89. The summed E-state index contributed by atoms with van der Waals surface area (Å²) in [5.74, 6) is -5.65. The van der Waals surface area contributed by atoms with E-state index in [4.69, 9.17) is 0 Å². The third-order valence-electron chi connectivity index (χ3n) is 8.40. The molecule has 0 aliphatic carbocycles. The number of hydrogen-bond acceptors (Lipinski definition) is 6. The van der Waals surface area contributed by atoms with Crippen LogP contribution in [-0.2, 0) is 19.7 Å². The van der Waals surface area contributed by atoms with Crippen LogP contribution in [0.3, 0.4) is 0 Å². The molecule has 0 saturated carbocycles. The third-order valence-corrected chi connectivity index (χ3v) is 9.98. The molecule has 0 saturated heterocycles. The summed E-state index contributed by atoms with van der Waals surface area (Å²) in [7, 11) is -5.23. The van der Waals surface area contributed by atoms with Gasteiger partial charge in [0, 0.05) is 11.9 Å². The maximum Gasteiger partial charge on any atom is 1.00 e. The van der Waals surface area contributed by atoms with Crippen molar-refractivity contribution in [3.05, 3.63) is 0 Å². The molecule has 0 spiro atoms. The van der Waals surface area contributed by atoms with Gasteiger partial charge in [-0.3, -0.25) is 4.55 Å². The summed E-state index contributed by atoms with van der Waals surface area (Å²) >= 11 is 0. The maximum absolute atomic E-state index is 12.3. The van der Waals surface area contributed by atoms with Gasteiger partial charge in [-0.2, -0.15) is 8.42 Å². The number of carboxylic acid groups (broad SMARTS) is 2. The molecule has 0 heterocycles. The van der Waals surface area contributed by atoms with E-state index in [-0.39, 0.29) is 116 Å². The molecule has 0 bridgehead atoms. The van der Waals surface area contributed by atoms with Crippen LogP contribution in [-0.4, -0.2) is 29.7 Å². The summed E-state index contributed by atoms with van der Waals surface area (Å²) in [6.45, 7) is 4.40. The summed E-state index contributed by atoms with van der Waals surface area (Å²) < 4.78 is 31.7. The van der Waals surface area contributed by atoms with Gasteiger partial charge in [0.25, 0.3) is 10.1 Å². The predicted molar refractivity (Wildman–Crippen MR) is 159 cm³/mol. The fourth-order valence-electron chi connectivity index (χ4n) is 5.79. The van der Waals surface area contributed by atoms with Crippen molar-refractivity contribution in [3.63, 3.8) is 0 Å². The Kier molecular flexibility index (Phi) is 36.6. The van der Waals surface area contributed by atoms with E-state index in [9.17, 15) is 32.8 Å². The molecule has 0 aromatic heterocycles. The van der Waals surface area contributed by atoms with Crippen LogP contribution in [0.15, 0.2) is 0 Å². The largest absolute Gasteiger partial charge is 1.00 e. The fourth-order valence-corrected chi connectivity index (χ4v) is 6.98. The smallest absolute Gasteiger partial charge is 0.550 e. The Balaban J connectivity index is -0.00000760. The molecule has 238 valence electrons. The Morgan fingerprint density at radius 1 is 0.571 bits per heavy atom. The van der Waals surface area contributed by atoms with Crippen molar-refractivity contribution in [2.24, 2.45) is 5.92 Å². The van der Waals surface area contributed by atoms with E-state index in [1.54, 1.807) is 0 Å². The van der Waals surface area contributed by atoms with Crippen LogP contribution in [0.5, 0.6) is 0 Å². The molecule has 0 aromatic rings. The van der Waals surface area contributed by atoms with Crippen LogP contribution in [0.25, 0.3) is 0 Å². The Morgan fingerprint density at radius 3 is 1.12 bits per heavy atom. The molecule has 0 aliphatic heterocycles. The molecule has 1 N–H and O–H groups in total. The summed E-state index contributed by atoms with van der Waals surface area (Å²) in [5, 5.41) is 24.1. The second-order valence-corrected chi connectivity index (χ2v) is 13.5. The summed E-state index contributed by atoms with van der Waals surface area (Å²) in [6.07, 6.45) is 24.4. The van der Waals surface area contributed by atoms with E-state index in [0.29, 0.717) is 19.3 Å². The topological polar surface area (TPSA) is 135 Å². The molecule has 10 heteroatoms. The molecule has 0 amide bonds. The molecular weight excluding hydrogens is 607 g/mol. The average molecular weight is 667 g/mol. The van der Waals surface area contributed by atoms with Gasteiger partial charge in [0.05, 0.1) is 5.97 Å². The molecule has 42 heavy (non-hydrogen) atoms. The monoisotopic (exact) mass is 666 g/mol. The minimum Gasteiger partial charge on any atom is -0.550 e. The molecular formula is C32H60K2O7S. The van der Waals surface area contributed by atoms with E-state index >= 15 is 0 Å². The molecule has 2 atom stereocenters. The van der Waals surface area contributed by atoms with E-state index in [2.05, 4.69) is 13.8 Å². The predicted octanol–water partition coefficient (Wildman–Crippen LogP) is 0.919. The van der Waals surface area contributed by atoms with E-state index in [1.165, 1.54) is 83.5 Å². The van der Waals surface area contributed by atoms with Crippen molar-refractivity contribution in [2.45, 2.75) is 186 Å². The van der Waals surface area contributed by atoms with E-state index < -0.39 is 39.1 Å². The Morgan fingerprint density at radius 2 is 0.857 bits per heavy atom. The molecule has 0 radical (unpaired) electrons. The Hall–Kier alpha value is 2.12. The molecule has 7 nitrogen and oxygen atoms in total. The van der Waals surface area contributed by atoms with Gasteiger partial charge in [0.1, 0.15) is 4.75 Å². The van der Waals surface area contributed by atoms with Gasteiger partial charge in [-0.25, -0.2) is 0 Å². The minimum atomic E-state index is -5.23. The third kappa shape index (κ3) is 22.6. The van der Waals surface area contributed by atoms with Crippen molar-refractivity contribution in [3.8, 4) is 0 Å². The van der Waals surface area contributed by atoms with Crippen molar-refractivity contribution in [2.75, 3.05) is 0 Å². The normalized spacial score (nSPS) is 13.5. The number of aliphatic carboxylic acids is 2. The number of hydrogen-bond donors (Lipinski definition) is 1. The molecule has 0 aromatic carbocycles. The Bertz CT molecular complexity index is 749. The maximum atomic E-state index is 12.3. The quantitative estimate of drug-likeness (QED) is 0.0685. The van der Waals surface area contributed by atoms with Crippen molar-refractivity contribution in [1.29, 1.82) is 0 Å². The van der Waals surface area contributed by atoms with E-state index in [1.807, 2.05) is 0 Å². The van der Waals surface area contributed by atoms with Crippen LogP contribution in [0.1, 0.15) is 181 Å². The summed E-state index contributed by atoms with van der Waals surface area (Å²) in [6, 6.07) is 0. The van der Waals surface area contributed by atoms with Gasteiger partial charge in [-0.15, -0.1) is 0 Å². The molecule has 0 aliphatic rings. The fraction of sp³-hybridized carbons (Fsp3) is 0.938. The first-order valence-electron chi connectivity index (χ1n) is 16.5. The van der Waals surface area contributed by atoms with E-state index in [0.717, 1.165) is 44.9 Å². The standard InChI is InChI=1S/C32H62O7S.2K/c1-3-5-7-9-11-13-15-17-19-21-23-25-27-29(30(33)34)32(31(35)36,40(37,38)39)28-26-24-22-20-18-16-14-12-10-8-6-4-2;;/h29H,3-28H2,1-2H3,(H,33,34)(H,35,36)(H,37,38,39);;/q;2*+1/p-2. The van der Waals surface area contributed by atoms with Crippen LogP contribution >= 0.6 is 0 Å². The number of unbranched alkanes of at least 4 members (excludes halogenated alkanes) is 22. The van der Waals surface area contributed by atoms with Crippen molar-refractivity contribution < 1.29 is 136 Å². The first kappa shape index (κ1) is 48.5. The zero-order valence-electron chi connectivity index (χ0n) is 27.8. The van der Waals surface area contributed by atoms with Crippen LogP contribution in [0.2, 0.25) is 0 Å². The summed E-state index contributed by atoms with van der Waals surface area (Å²) in [4.78, 5) is 24.1. The van der Waals surface area contributed by atoms with Gasteiger partial charge in [-0.1, -0.05) is 168 Å². The minimum absolute atomic E-state index is 0. The number of carboxylic acids is 2. The van der Waals surface area contributed by atoms with Crippen LogP contribution < -0.4 is 113 Å². The zero-order valence-corrected chi connectivity index (χ0v) is 34.8. The first-order valence-corrected chi connectivity index (χ1v) is 18.0. The number of carbonyl (C=O) groups excluding carboxylic acids is 2. The molecule has 0 rings (SSSR count). The second kappa shape index (κ2) is 31.7. The number of rotatable bonds is 30. The Labute approximate surface area is 343 Å². The van der Waals surface area contributed by atoms with Gasteiger partial charge >= 0.3 is 103 Å². The van der Waals surface area contributed by atoms with Crippen molar-refractivity contribution >= 4 is 22.1 Å². The van der Waals surface area contributed by atoms with Gasteiger partial charge in [0.2, 0.25) is 0 Å². The molecule has 2 unspecified atom stereocenters. The van der Waals surface area contributed by atoms with Gasteiger partial charge < -0.3 is 19.8 Å². The van der Waals surface area contributed by atoms with Crippen LogP contribution in [0, 0.1) is 5.92 Å². The molecule has 0 fully saturated rings.